The summed E-state index contributed by atoms with van der Waals surface area (Å²) in [6, 6.07) is 4.69. The average molecular weight is 281 g/mol. The van der Waals surface area contributed by atoms with E-state index < -0.39 is 0 Å². The SMILES string of the molecule is CCNC(=NCc1ccc(F)c(CO)c1)NCC(C)C. The lowest BCUT2D eigenvalue weighted by atomic mass is 10.1. The van der Waals surface area contributed by atoms with Crippen LogP contribution in [0.1, 0.15) is 31.9 Å². The second-order valence-electron chi connectivity index (χ2n) is 5.05. The number of hydrogen-bond acceptors (Lipinski definition) is 2. The van der Waals surface area contributed by atoms with Gasteiger partial charge in [-0.05, 0) is 30.5 Å². The van der Waals surface area contributed by atoms with E-state index in [0.717, 1.165) is 24.6 Å². The molecule has 1 aromatic carbocycles. The van der Waals surface area contributed by atoms with Crippen LogP contribution in [-0.2, 0) is 13.2 Å². The molecule has 0 aliphatic heterocycles. The summed E-state index contributed by atoms with van der Waals surface area (Å²) < 4.78 is 13.3. The van der Waals surface area contributed by atoms with Crippen LogP contribution in [-0.4, -0.2) is 24.2 Å². The molecule has 0 saturated carbocycles. The van der Waals surface area contributed by atoms with Crippen LogP contribution in [0.15, 0.2) is 23.2 Å². The summed E-state index contributed by atoms with van der Waals surface area (Å²) in [5, 5.41) is 15.5. The Bertz CT molecular complexity index is 447. The summed E-state index contributed by atoms with van der Waals surface area (Å²) in [5.74, 6) is 0.895. The quantitative estimate of drug-likeness (QED) is 0.552. The van der Waals surface area contributed by atoms with Crippen LogP contribution in [0.2, 0.25) is 0 Å². The van der Waals surface area contributed by atoms with Gasteiger partial charge in [0.05, 0.1) is 13.2 Å². The highest BCUT2D eigenvalue weighted by Crippen LogP contribution is 2.11. The molecule has 1 aromatic rings. The molecule has 0 unspecified atom stereocenters. The van der Waals surface area contributed by atoms with E-state index >= 15 is 0 Å². The number of aliphatic imine (C=N–C) groups is 1. The van der Waals surface area contributed by atoms with Crippen LogP contribution in [0.4, 0.5) is 4.39 Å². The van der Waals surface area contributed by atoms with Crippen LogP contribution < -0.4 is 10.6 Å². The maximum absolute atomic E-state index is 13.3. The number of hydrogen-bond donors (Lipinski definition) is 3. The van der Waals surface area contributed by atoms with Gasteiger partial charge >= 0.3 is 0 Å². The van der Waals surface area contributed by atoms with E-state index in [1.807, 2.05) is 6.92 Å². The van der Waals surface area contributed by atoms with Crippen LogP contribution in [0.25, 0.3) is 0 Å². The summed E-state index contributed by atoms with van der Waals surface area (Å²) >= 11 is 0. The first-order chi connectivity index (χ1) is 9.56. The van der Waals surface area contributed by atoms with Gasteiger partial charge in [0.1, 0.15) is 5.82 Å². The van der Waals surface area contributed by atoms with Crippen LogP contribution >= 0.6 is 0 Å². The van der Waals surface area contributed by atoms with Crippen molar-refractivity contribution in [3.05, 3.63) is 35.1 Å². The fraction of sp³-hybridized carbons (Fsp3) is 0.533. The zero-order valence-corrected chi connectivity index (χ0v) is 12.4. The molecule has 20 heavy (non-hydrogen) atoms. The molecular formula is C15H24FN3O. The molecule has 0 aliphatic rings. The average Bonchev–Trinajstić information content (AvgIpc) is 2.43. The summed E-state index contributed by atoms with van der Waals surface area (Å²) in [7, 11) is 0. The van der Waals surface area contributed by atoms with Gasteiger partial charge in [-0.2, -0.15) is 0 Å². The fourth-order valence-corrected chi connectivity index (χ4v) is 1.66. The number of guanidine groups is 1. The number of rotatable bonds is 6. The Balaban J connectivity index is 2.70. The third-order valence-electron chi connectivity index (χ3n) is 2.72. The first-order valence-corrected chi connectivity index (χ1v) is 6.97. The number of aliphatic hydroxyl groups excluding tert-OH is 1. The fourth-order valence-electron chi connectivity index (χ4n) is 1.66. The molecule has 0 atom stereocenters. The Morgan fingerprint density at radius 2 is 2.10 bits per heavy atom. The lowest BCUT2D eigenvalue weighted by Gasteiger charge is -2.13. The lowest BCUT2D eigenvalue weighted by molar-refractivity contribution is 0.275. The van der Waals surface area contributed by atoms with Crippen molar-refractivity contribution in [3.8, 4) is 0 Å². The highest BCUT2D eigenvalue weighted by atomic mass is 19.1. The molecule has 0 aliphatic carbocycles. The minimum absolute atomic E-state index is 0.297. The monoisotopic (exact) mass is 281 g/mol. The molecule has 0 bridgehead atoms. The van der Waals surface area contributed by atoms with E-state index in [9.17, 15) is 4.39 Å². The minimum Gasteiger partial charge on any atom is -0.392 e. The van der Waals surface area contributed by atoms with E-state index in [2.05, 4.69) is 29.5 Å². The van der Waals surface area contributed by atoms with Crippen LogP contribution in [0.3, 0.4) is 0 Å². The largest absolute Gasteiger partial charge is 0.392 e. The summed E-state index contributed by atoms with van der Waals surface area (Å²) in [6.07, 6.45) is 0. The van der Waals surface area contributed by atoms with Gasteiger partial charge in [0.25, 0.3) is 0 Å². The number of nitrogens with zero attached hydrogens (tertiary/aromatic N) is 1. The van der Waals surface area contributed by atoms with E-state index in [4.69, 9.17) is 5.11 Å². The Morgan fingerprint density at radius 1 is 1.35 bits per heavy atom. The lowest BCUT2D eigenvalue weighted by Crippen LogP contribution is -2.39. The Labute approximate surface area is 120 Å². The summed E-state index contributed by atoms with van der Waals surface area (Å²) in [6.45, 7) is 8.05. The number of nitrogens with one attached hydrogen (secondary N) is 2. The zero-order chi connectivity index (χ0) is 15.0. The van der Waals surface area contributed by atoms with Gasteiger partial charge in [0.2, 0.25) is 0 Å². The van der Waals surface area contributed by atoms with Gasteiger partial charge in [0, 0.05) is 18.7 Å². The number of halogens is 1. The molecule has 0 fully saturated rings. The van der Waals surface area contributed by atoms with Gasteiger partial charge in [0.15, 0.2) is 5.96 Å². The van der Waals surface area contributed by atoms with Gasteiger partial charge in [-0.1, -0.05) is 19.9 Å². The van der Waals surface area contributed by atoms with Gasteiger partial charge < -0.3 is 15.7 Å². The Kier molecular flexibility index (Phi) is 7.01. The normalized spacial score (nSPS) is 11.8. The van der Waals surface area contributed by atoms with E-state index in [1.54, 1.807) is 12.1 Å². The number of benzene rings is 1. The minimum atomic E-state index is -0.384. The molecule has 0 aromatic heterocycles. The molecule has 0 radical (unpaired) electrons. The van der Waals surface area contributed by atoms with Crippen molar-refractivity contribution in [2.24, 2.45) is 10.9 Å². The molecule has 5 heteroatoms. The van der Waals surface area contributed by atoms with Gasteiger partial charge in [-0.3, -0.25) is 0 Å². The van der Waals surface area contributed by atoms with E-state index in [-0.39, 0.29) is 12.4 Å². The van der Waals surface area contributed by atoms with Crippen molar-refractivity contribution >= 4 is 5.96 Å². The van der Waals surface area contributed by atoms with Gasteiger partial charge in [-0.15, -0.1) is 0 Å². The first-order valence-electron chi connectivity index (χ1n) is 6.97. The van der Waals surface area contributed by atoms with Crippen molar-refractivity contribution in [3.63, 3.8) is 0 Å². The Morgan fingerprint density at radius 3 is 2.70 bits per heavy atom. The highest BCUT2D eigenvalue weighted by molar-refractivity contribution is 5.79. The molecule has 0 spiro atoms. The molecule has 1 rings (SSSR count). The topological polar surface area (TPSA) is 56.7 Å². The van der Waals surface area contributed by atoms with Crippen molar-refractivity contribution in [1.82, 2.24) is 10.6 Å². The Hall–Kier alpha value is -1.62. The van der Waals surface area contributed by atoms with Crippen molar-refractivity contribution in [2.75, 3.05) is 13.1 Å². The summed E-state index contributed by atoms with van der Waals surface area (Å²) in [5.41, 5.74) is 1.18. The van der Waals surface area contributed by atoms with Crippen LogP contribution in [0.5, 0.6) is 0 Å². The maximum Gasteiger partial charge on any atom is 0.191 e. The van der Waals surface area contributed by atoms with Crippen molar-refractivity contribution < 1.29 is 9.50 Å². The summed E-state index contributed by atoms with van der Waals surface area (Å²) in [4.78, 5) is 4.45. The van der Waals surface area contributed by atoms with E-state index in [1.165, 1.54) is 6.07 Å². The smallest absolute Gasteiger partial charge is 0.191 e. The molecule has 4 nitrogen and oxygen atoms in total. The molecule has 0 amide bonds. The second-order valence-corrected chi connectivity index (χ2v) is 5.05. The molecule has 3 N–H and O–H groups in total. The van der Waals surface area contributed by atoms with Crippen molar-refractivity contribution in [2.45, 2.75) is 33.9 Å². The molecular weight excluding hydrogens is 257 g/mol. The second kappa shape index (κ2) is 8.53. The zero-order valence-electron chi connectivity index (χ0n) is 12.4. The van der Waals surface area contributed by atoms with Crippen molar-refractivity contribution in [1.29, 1.82) is 0 Å². The predicted molar refractivity (Wildman–Crippen MR) is 80.0 cm³/mol. The molecule has 0 heterocycles. The predicted octanol–water partition coefficient (Wildman–Crippen LogP) is 2.03. The molecule has 0 saturated heterocycles. The first kappa shape index (κ1) is 16.4. The highest BCUT2D eigenvalue weighted by Gasteiger charge is 2.03. The molecule has 112 valence electrons. The third kappa shape index (κ3) is 5.57. The van der Waals surface area contributed by atoms with Gasteiger partial charge in [-0.25, -0.2) is 9.38 Å². The van der Waals surface area contributed by atoms with Crippen LogP contribution in [0, 0.1) is 11.7 Å². The third-order valence-corrected chi connectivity index (χ3v) is 2.72. The number of aliphatic hydroxyl groups is 1. The maximum atomic E-state index is 13.3. The standard InChI is InChI=1S/C15H24FN3O/c1-4-17-15(18-8-11(2)3)19-9-12-5-6-14(16)13(7-12)10-20/h5-7,11,20H,4,8-10H2,1-3H3,(H2,17,18,19). The van der Waals surface area contributed by atoms with E-state index in [0.29, 0.717) is 18.0 Å².